The molecule has 0 atom stereocenters. The first-order chi connectivity index (χ1) is 17.5. The normalized spacial score (nSPS) is 13.6. The number of para-hydroxylation sites is 2. The van der Waals surface area contributed by atoms with E-state index >= 15 is 0 Å². The van der Waals surface area contributed by atoms with Gasteiger partial charge in [-0.05, 0) is 42.5 Å². The molecule has 0 spiro atoms. The van der Waals surface area contributed by atoms with Crippen LogP contribution in [0.15, 0.2) is 71.7 Å². The molecule has 0 radical (unpaired) electrons. The van der Waals surface area contributed by atoms with Gasteiger partial charge in [-0.15, -0.1) is 0 Å². The molecule has 1 aliphatic rings. The molecule has 9 nitrogen and oxygen atoms in total. The molecule has 1 fully saturated rings. The number of halogens is 1. The lowest BCUT2D eigenvalue weighted by Gasteiger charge is -2.34. The van der Waals surface area contributed by atoms with Crippen molar-refractivity contribution in [3.63, 3.8) is 0 Å². The molecule has 5 rings (SSSR count). The van der Waals surface area contributed by atoms with E-state index in [4.69, 9.17) is 16.3 Å². The van der Waals surface area contributed by atoms with Crippen LogP contribution >= 0.6 is 11.6 Å². The third kappa shape index (κ3) is 4.29. The van der Waals surface area contributed by atoms with Gasteiger partial charge in [0.25, 0.3) is 17.4 Å². The number of amides is 2. The third-order valence-corrected chi connectivity index (χ3v) is 6.31. The average molecular weight is 504 g/mol. The molecule has 0 saturated carbocycles. The minimum absolute atomic E-state index is 0.155. The van der Waals surface area contributed by atoms with E-state index in [1.165, 1.54) is 11.7 Å². The third-order valence-electron chi connectivity index (χ3n) is 6.07. The molecule has 1 saturated heterocycles. The Morgan fingerprint density at radius 3 is 2.36 bits per heavy atom. The van der Waals surface area contributed by atoms with E-state index in [0.29, 0.717) is 46.3 Å². The number of aromatic nitrogens is 3. The van der Waals surface area contributed by atoms with Crippen LogP contribution in [0.25, 0.3) is 16.9 Å². The largest absolute Gasteiger partial charge is 0.495 e. The summed E-state index contributed by atoms with van der Waals surface area (Å²) in [5, 5.41) is 0.484. The summed E-state index contributed by atoms with van der Waals surface area (Å²) in [5.41, 5.74) is 0.874. The lowest BCUT2D eigenvalue weighted by atomic mass is 10.1. The van der Waals surface area contributed by atoms with Crippen LogP contribution in [0.2, 0.25) is 5.02 Å². The van der Waals surface area contributed by atoms with Crippen molar-refractivity contribution >= 4 is 34.6 Å². The van der Waals surface area contributed by atoms with Gasteiger partial charge < -0.3 is 14.5 Å². The first kappa shape index (κ1) is 23.5. The van der Waals surface area contributed by atoms with Gasteiger partial charge >= 0.3 is 0 Å². The van der Waals surface area contributed by atoms with Gasteiger partial charge in [-0.3, -0.25) is 19.0 Å². The summed E-state index contributed by atoms with van der Waals surface area (Å²) in [6.07, 6.45) is 1.56. The number of carbonyl (C=O) groups is 2. The Bertz CT molecular complexity index is 1530. The topological polar surface area (TPSA) is 97.6 Å². The van der Waals surface area contributed by atoms with Crippen molar-refractivity contribution < 1.29 is 14.3 Å². The number of fused-ring (bicyclic) bond motifs is 1. The Kier molecular flexibility index (Phi) is 6.39. The Balaban J connectivity index is 1.45. The predicted octanol–water partition coefficient (Wildman–Crippen LogP) is 3.04. The Morgan fingerprint density at radius 1 is 0.917 bits per heavy atom. The Morgan fingerprint density at radius 2 is 1.64 bits per heavy atom. The molecular formula is C26H22ClN5O4. The first-order valence-electron chi connectivity index (χ1n) is 11.3. The van der Waals surface area contributed by atoms with Gasteiger partial charge in [-0.1, -0.05) is 29.8 Å². The van der Waals surface area contributed by atoms with Gasteiger partial charge in [0.05, 0.1) is 12.8 Å². The highest BCUT2D eigenvalue weighted by molar-refractivity contribution is 6.30. The molecule has 1 aliphatic heterocycles. The maximum atomic E-state index is 13.6. The molecule has 2 amide bonds. The van der Waals surface area contributed by atoms with Gasteiger partial charge in [0.2, 0.25) is 0 Å². The SMILES string of the molecule is COc1ccccc1-n1c(=O)c(C(=O)N2CCN(C(=O)c3cccc(Cl)c3)CC2)nc2cccnc21. The number of carbonyl (C=O) groups excluding carboxylic acids is 2. The number of hydrogen-bond acceptors (Lipinski definition) is 6. The number of piperazine rings is 1. The van der Waals surface area contributed by atoms with E-state index in [9.17, 15) is 14.4 Å². The highest BCUT2D eigenvalue weighted by Crippen LogP contribution is 2.24. The van der Waals surface area contributed by atoms with Crippen LogP contribution in [0.5, 0.6) is 5.75 Å². The summed E-state index contributed by atoms with van der Waals surface area (Å²) in [5.74, 6) is -0.188. The molecule has 36 heavy (non-hydrogen) atoms. The summed E-state index contributed by atoms with van der Waals surface area (Å²) in [4.78, 5) is 51.8. The number of benzene rings is 2. The fourth-order valence-corrected chi connectivity index (χ4v) is 4.45. The number of pyridine rings is 1. The minimum atomic E-state index is -0.590. The number of nitrogens with zero attached hydrogens (tertiary/aromatic N) is 5. The fourth-order valence-electron chi connectivity index (χ4n) is 4.26. The molecule has 2 aromatic carbocycles. The van der Waals surface area contributed by atoms with E-state index in [0.717, 1.165) is 0 Å². The van der Waals surface area contributed by atoms with E-state index in [1.54, 1.807) is 76.7 Å². The summed E-state index contributed by atoms with van der Waals surface area (Å²) in [6, 6.07) is 17.2. The molecule has 0 aliphatic carbocycles. The summed E-state index contributed by atoms with van der Waals surface area (Å²) < 4.78 is 6.80. The van der Waals surface area contributed by atoms with Crippen molar-refractivity contribution in [1.82, 2.24) is 24.3 Å². The highest BCUT2D eigenvalue weighted by Gasteiger charge is 2.29. The Labute approximate surface area is 211 Å². The quantitative estimate of drug-likeness (QED) is 0.424. The van der Waals surface area contributed by atoms with Gasteiger partial charge in [-0.25, -0.2) is 9.97 Å². The lowest BCUT2D eigenvalue weighted by Crippen LogP contribution is -2.51. The van der Waals surface area contributed by atoms with E-state index in [1.807, 2.05) is 0 Å². The van der Waals surface area contributed by atoms with Crippen LogP contribution in [0, 0.1) is 0 Å². The molecule has 4 aromatic rings. The van der Waals surface area contributed by atoms with Crippen molar-refractivity contribution in [2.45, 2.75) is 0 Å². The van der Waals surface area contributed by atoms with Gasteiger partial charge in [-0.2, -0.15) is 0 Å². The maximum absolute atomic E-state index is 13.6. The van der Waals surface area contributed by atoms with Crippen molar-refractivity contribution in [3.05, 3.63) is 93.5 Å². The van der Waals surface area contributed by atoms with Gasteiger partial charge in [0, 0.05) is 43.0 Å². The zero-order chi connectivity index (χ0) is 25.2. The van der Waals surface area contributed by atoms with Crippen LogP contribution in [0.3, 0.4) is 0 Å². The molecule has 0 N–H and O–H groups in total. The van der Waals surface area contributed by atoms with Crippen LogP contribution in [0.4, 0.5) is 0 Å². The van der Waals surface area contributed by atoms with E-state index in [2.05, 4.69) is 9.97 Å². The molecule has 2 aromatic heterocycles. The average Bonchev–Trinajstić information content (AvgIpc) is 2.92. The molecule has 3 heterocycles. The number of ether oxygens (including phenoxy) is 1. The van der Waals surface area contributed by atoms with Crippen molar-refractivity contribution in [1.29, 1.82) is 0 Å². The zero-order valence-corrected chi connectivity index (χ0v) is 20.2. The van der Waals surface area contributed by atoms with Gasteiger partial charge in [0.15, 0.2) is 11.3 Å². The predicted molar refractivity (Wildman–Crippen MR) is 135 cm³/mol. The van der Waals surface area contributed by atoms with E-state index < -0.39 is 11.5 Å². The monoisotopic (exact) mass is 503 g/mol. The smallest absolute Gasteiger partial charge is 0.288 e. The summed E-state index contributed by atoms with van der Waals surface area (Å²) >= 11 is 6.02. The second kappa shape index (κ2) is 9.79. The minimum Gasteiger partial charge on any atom is -0.495 e. The molecule has 182 valence electrons. The van der Waals surface area contributed by atoms with Crippen LogP contribution in [0.1, 0.15) is 20.8 Å². The number of methoxy groups -OCH3 is 1. The van der Waals surface area contributed by atoms with E-state index in [-0.39, 0.29) is 24.7 Å². The zero-order valence-electron chi connectivity index (χ0n) is 19.4. The molecule has 10 heteroatoms. The molecule has 0 unspecified atom stereocenters. The number of rotatable bonds is 4. The fraction of sp³-hybridized carbons (Fsp3) is 0.192. The highest BCUT2D eigenvalue weighted by atomic mass is 35.5. The Hall–Kier alpha value is -4.24. The second-order valence-electron chi connectivity index (χ2n) is 8.21. The van der Waals surface area contributed by atoms with Crippen LogP contribution < -0.4 is 10.3 Å². The standard InChI is InChI=1S/C26H22ClN5O4/c1-36-21-10-3-2-9-20(21)32-23-19(8-5-11-28-23)29-22(26(32)35)25(34)31-14-12-30(13-15-31)24(33)17-6-4-7-18(27)16-17/h2-11,16H,12-15H2,1H3. The van der Waals surface area contributed by atoms with Crippen molar-refractivity contribution in [3.8, 4) is 11.4 Å². The second-order valence-corrected chi connectivity index (χ2v) is 8.65. The van der Waals surface area contributed by atoms with Gasteiger partial charge in [0.1, 0.15) is 11.3 Å². The van der Waals surface area contributed by atoms with Crippen molar-refractivity contribution in [2.24, 2.45) is 0 Å². The van der Waals surface area contributed by atoms with Crippen molar-refractivity contribution in [2.75, 3.05) is 33.3 Å². The summed E-state index contributed by atoms with van der Waals surface area (Å²) in [6.45, 7) is 1.19. The lowest BCUT2D eigenvalue weighted by molar-refractivity contribution is 0.0531. The molecule has 0 bridgehead atoms. The number of hydrogen-bond donors (Lipinski definition) is 0. The molecular weight excluding hydrogens is 482 g/mol. The summed E-state index contributed by atoms with van der Waals surface area (Å²) in [7, 11) is 1.51. The maximum Gasteiger partial charge on any atom is 0.288 e. The van der Waals surface area contributed by atoms with Crippen LogP contribution in [-0.4, -0.2) is 69.4 Å². The first-order valence-corrected chi connectivity index (χ1v) is 11.7. The van der Waals surface area contributed by atoms with Crippen LogP contribution in [-0.2, 0) is 0 Å².